The quantitative estimate of drug-likeness (QED) is 0.0261. The number of allylic oxidation sites excluding steroid dienone is 24. The van der Waals surface area contributed by atoms with Gasteiger partial charge in [-0.05, 0) is 122 Å². The standard InChI is InChI=1S/C71H114O6/c1-4-7-10-13-15-17-19-21-23-25-27-29-30-31-32-33-34-35-36-37-38-39-40-42-43-45-47-49-51-53-55-58-61-64-70(73)76-67-68(66-75-69(72)63-60-57-12-9-6-3)77-71(74)65-62-59-56-54-52-50-48-46-44-41-28-26-24-22-20-18-16-14-11-8-5-2/h7-8,10-11,15-18,21-24,27-29,31-32,34-35,37-38,41,46,48,68H,4-6,9,12-14,19-20,25-26,30,33,36,39-40,42-45,47,49-67H2,1-3H3/b10-7-,11-8-,17-15-,18-16-,23-21-,24-22-,29-27-,32-31-,35-34-,38-37-,41-28-,48-46-. The van der Waals surface area contributed by atoms with Gasteiger partial charge in [0, 0.05) is 19.3 Å². The Kier molecular flexibility index (Phi) is 59.9. The van der Waals surface area contributed by atoms with E-state index in [9.17, 15) is 14.4 Å². The van der Waals surface area contributed by atoms with Crippen LogP contribution in [-0.2, 0) is 28.6 Å². The molecule has 6 heteroatoms. The molecule has 0 aliphatic heterocycles. The lowest BCUT2D eigenvalue weighted by molar-refractivity contribution is -0.167. The van der Waals surface area contributed by atoms with E-state index in [1.165, 1.54) is 57.8 Å². The van der Waals surface area contributed by atoms with Crippen molar-refractivity contribution in [2.75, 3.05) is 13.2 Å². The van der Waals surface area contributed by atoms with Crippen molar-refractivity contribution in [2.45, 2.75) is 271 Å². The zero-order chi connectivity index (χ0) is 55.7. The largest absolute Gasteiger partial charge is 0.462 e. The zero-order valence-corrected chi connectivity index (χ0v) is 49.7. The van der Waals surface area contributed by atoms with Crippen LogP contribution in [0.3, 0.4) is 0 Å². The van der Waals surface area contributed by atoms with E-state index in [2.05, 4.69) is 167 Å². The maximum absolute atomic E-state index is 12.8. The van der Waals surface area contributed by atoms with Crippen molar-refractivity contribution in [1.29, 1.82) is 0 Å². The fourth-order valence-corrected chi connectivity index (χ4v) is 8.21. The van der Waals surface area contributed by atoms with Gasteiger partial charge in [0.05, 0.1) is 0 Å². The van der Waals surface area contributed by atoms with Crippen molar-refractivity contribution >= 4 is 17.9 Å². The smallest absolute Gasteiger partial charge is 0.306 e. The average Bonchev–Trinajstić information content (AvgIpc) is 3.43. The first-order chi connectivity index (χ1) is 38.0. The highest BCUT2D eigenvalue weighted by molar-refractivity contribution is 5.71. The molecule has 0 saturated heterocycles. The number of rotatable bonds is 55. The van der Waals surface area contributed by atoms with Crippen LogP contribution < -0.4 is 0 Å². The van der Waals surface area contributed by atoms with Crippen LogP contribution in [0.15, 0.2) is 146 Å². The van der Waals surface area contributed by atoms with Gasteiger partial charge in [0.1, 0.15) is 13.2 Å². The molecule has 0 fully saturated rings. The first-order valence-corrected chi connectivity index (χ1v) is 31.3. The van der Waals surface area contributed by atoms with E-state index >= 15 is 0 Å². The number of esters is 3. The molecule has 0 N–H and O–H groups in total. The molecular formula is C71H114O6. The minimum Gasteiger partial charge on any atom is -0.462 e. The minimum atomic E-state index is -0.791. The zero-order valence-electron chi connectivity index (χ0n) is 49.7. The Bertz CT molecular complexity index is 1700. The number of carbonyl (C=O) groups excluding carboxylic acids is 3. The molecule has 0 rings (SSSR count). The van der Waals surface area contributed by atoms with E-state index in [-0.39, 0.29) is 31.1 Å². The molecule has 0 saturated carbocycles. The normalized spacial score (nSPS) is 13.1. The molecule has 1 unspecified atom stereocenters. The Morgan fingerprint density at radius 1 is 0.273 bits per heavy atom. The van der Waals surface area contributed by atoms with Crippen molar-refractivity contribution in [1.82, 2.24) is 0 Å². The van der Waals surface area contributed by atoms with E-state index in [1.54, 1.807) is 0 Å². The van der Waals surface area contributed by atoms with E-state index in [0.29, 0.717) is 19.3 Å². The van der Waals surface area contributed by atoms with Crippen molar-refractivity contribution in [3.63, 3.8) is 0 Å². The topological polar surface area (TPSA) is 78.9 Å². The summed E-state index contributed by atoms with van der Waals surface area (Å²) in [6.07, 6.45) is 91.8. The third kappa shape index (κ3) is 62.0. The molecule has 0 amide bonds. The lowest BCUT2D eigenvalue weighted by atomic mass is 10.0. The summed E-state index contributed by atoms with van der Waals surface area (Å²) in [5.41, 5.74) is 0. The Labute approximate surface area is 474 Å². The van der Waals surface area contributed by atoms with Crippen LogP contribution in [0, 0.1) is 0 Å². The molecule has 77 heavy (non-hydrogen) atoms. The summed E-state index contributed by atoms with van der Waals surface area (Å²) in [5, 5.41) is 0. The van der Waals surface area contributed by atoms with Gasteiger partial charge in [-0.15, -0.1) is 0 Å². The highest BCUT2D eigenvalue weighted by Crippen LogP contribution is 2.15. The van der Waals surface area contributed by atoms with Gasteiger partial charge in [0.25, 0.3) is 0 Å². The van der Waals surface area contributed by atoms with Gasteiger partial charge in [-0.3, -0.25) is 14.4 Å². The summed E-state index contributed by atoms with van der Waals surface area (Å²) < 4.78 is 16.7. The fourth-order valence-electron chi connectivity index (χ4n) is 8.21. The van der Waals surface area contributed by atoms with E-state index < -0.39 is 6.10 Å². The summed E-state index contributed by atoms with van der Waals surface area (Å²) in [7, 11) is 0. The first kappa shape index (κ1) is 72.3. The van der Waals surface area contributed by atoms with Crippen molar-refractivity contribution in [2.24, 2.45) is 0 Å². The Balaban J connectivity index is 4.09. The number of unbranched alkanes of at least 4 members (excludes halogenated alkanes) is 20. The SMILES string of the molecule is CC/C=C\C/C=C\C/C=C\C/C=C\C/C=C\C/C=C\C/C=C\CCCCCCCCCCCCCC(=O)OCC(COC(=O)CCCCCCC)OC(=O)CCCCCCC/C=C\C/C=C\C/C=C\C/C=C\C/C=C\CC. The van der Waals surface area contributed by atoms with Gasteiger partial charge in [-0.2, -0.15) is 0 Å². The summed E-state index contributed by atoms with van der Waals surface area (Å²) in [6.45, 7) is 6.30. The molecule has 0 spiro atoms. The number of hydrogen-bond donors (Lipinski definition) is 0. The van der Waals surface area contributed by atoms with Crippen LogP contribution in [0.25, 0.3) is 0 Å². The van der Waals surface area contributed by atoms with Crippen LogP contribution in [0.1, 0.15) is 265 Å². The second-order valence-electron chi connectivity index (χ2n) is 20.2. The Hall–Kier alpha value is -4.71. The summed E-state index contributed by atoms with van der Waals surface area (Å²) in [5.74, 6) is -0.930. The third-order valence-electron chi connectivity index (χ3n) is 12.8. The predicted molar refractivity (Wildman–Crippen MR) is 334 cm³/mol. The van der Waals surface area contributed by atoms with Gasteiger partial charge in [0.2, 0.25) is 0 Å². The molecule has 0 radical (unpaired) electrons. The molecule has 0 aromatic carbocycles. The van der Waals surface area contributed by atoms with Gasteiger partial charge < -0.3 is 14.2 Å². The van der Waals surface area contributed by atoms with Crippen LogP contribution >= 0.6 is 0 Å². The maximum Gasteiger partial charge on any atom is 0.306 e. The molecule has 6 nitrogen and oxygen atoms in total. The molecule has 0 bridgehead atoms. The van der Waals surface area contributed by atoms with Gasteiger partial charge in [0.15, 0.2) is 6.10 Å². The van der Waals surface area contributed by atoms with Gasteiger partial charge >= 0.3 is 17.9 Å². The van der Waals surface area contributed by atoms with Crippen LogP contribution in [0.5, 0.6) is 0 Å². The van der Waals surface area contributed by atoms with Crippen molar-refractivity contribution in [3.05, 3.63) is 146 Å². The van der Waals surface area contributed by atoms with Crippen molar-refractivity contribution < 1.29 is 28.6 Å². The van der Waals surface area contributed by atoms with Crippen LogP contribution in [-0.4, -0.2) is 37.2 Å². The van der Waals surface area contributed by atoms with Gasteiger partial charge in [-0.1, -0.05) is 269 Å². The predicted octanol–water partition coefficient (Wildman–Crippen LogP) is 21.5. The Morgan fingerprint density at radius 3 is 0.792 bits per heavy atom. The Morgan fingerprint density at radius 2 is 0.506 bits per heavy atom. The molecule has 0 aliphatic rings. The molecule has 0 aliphatic carbocycles. The number of carbonyl (C=O) groups is 3. The summed E-state index contributed by atoms with van der Waals surface area (Å²) >= 11 is 0. The highest BCUT2D eigenvalue weighted by Gasteiger charge is 2.19. The number of hydrogen-bond acceptors (Lipinski definition) is 6. The average molecular weight is 1060 g/mol. The third-order valence-corrected chi connectivity index (χ3v) is 12.8. The van der Waals surface area contributed by atoms with Crippen molar-refractivity contribution in [3.8, 4) is 0 Å². The molecule has 0 heterocycles. The monoisotopic (exact) mass is 1060 g/mol. The second kappa shape index (κ2) is 63.8. The van der Waals surface area contributed by atoms with Crippen LogP contribution in [0.4, 0.5) is 0 Å². The fraction of sp³-hybridized carbons (Fsp3) is 0.620. The molecule has 0 aromatic rings. The minimum absolute atomic E-state index is 0.0910. The lowest BCUT2D eigenvalue weighted by Crippen LogP contribution is -2.30. The maximum atomic E-state index is 12.8. The lowest BCUT2D eigenvalue weighted by Gasteiger charge is -2.18. The van der Waals surface area contributed by atoms with E-state index in [4.69, 9.17) is 14.2 Å². The molecular weight excluding hydrogens is 949 g/mol. The molecule has 0 aromatic heterocycles. The van der Waals surface area contributed by atoms with E-state index in [1.807, 2.05) is 0 Å². The van der Waals surface area contributed by atoms with Crippen LogP contribution in [0.2, 0.25) is 0 Å². The van der Waals surface area contributed by atoms with E-state index in [0.717, 1.165) is 167 Å². The molecule has 434 valence electrons. The summed E-state index contributed by atoms with van der Waals surface area (Å²) in [4.78, 5) is 37.9. The first-order valence-electron chi connectivity index (χ1n) is 31.3. The van der Waals surface area contributed by atoms with Gasteiger partial charge in [-0.25, -0.2) is 0 Å². The number of ether oxygens (including phenoxy) is 3. The molecule has 1 atom stereocenters. The highest BCUT2D eigenvalue weighted by atomic mass is 16.6. The second-order valence-corrected chi connectivity index (χ2v) is 20.2. The summed E-state index contributed by atoms with van der Waals surface area (Å²) in [6, 6.07) is 0.